The van der Waals surface area contributed by atoms with E-state index in [2.05, 4.69) is 9.97 Å². The molecule has 0 radical (unpaired) electrons. The minimum atomic E-state index is 0.369. The average molecular weight is 297 g/mol. The van der Waals surface area contributed by atoms with Gasteiger partial charge >= 0.3 is 0 Å². The molecule has 0 fully saturated rings. The lowest BCUT2D eigenvalue weighted by molar-refractivity contribution is 0.344. The molecule has 1 aromatic carbocycles. The third-order valence-corrected chi connectivity index (χ3v) is 3.21. The van der Waals surface area contributed by atoms with Crippen LogP contribution in [-0.2, 0) is 0 Å². The Kier molecular flexibility index (Phi) is 4.70. The molecule has 0 saturated carbocycles. The monoisotopic (exact) mass is 296 g/mol. The predicted octanol–water partition coefficient (Wildman–Crippen LogP) is 2.47. The molecule has 0 amide bonds. The maximum atomic E-state index is 5.78. The van der Waals surface area contributed by atoms with E-state index in [0.29, 0.717) is 34.2 Å². The van der Waals surface area contributed by atoms with Crippen molar-refractivity contribution >= 4 is 35.0 Å². The number of benzene rings is 1. The van der Waals surface area contributed by atoms with Crippen molar-refractivity contribution in [3.8, 4) is 5.75 Å². The Morgan fingerprint density at radius 3 is 2.37 bits per heavy atom. The van der Waals surface area contributed by atoms with E-state index in [-0.39, 0.29) is 0 Å². The Hall–Kier alpha value is -1.66. The van der Waals surface area contributed by atoms with Gasteiger partial charge in [0.15, 0.2) is 5.16 Å². The second-order valence-electron chi connectivity index (χ2n) is 3.65. The fourth-order valence-electron chi connectivity index (χ4n) is 1.35. The number of nitrogens with two attached hydrogens (primary N) is 2. The van der Waals surface area contributed by atoms with E-state index < -0.39 is 0 Å². The highest BCUT2D eigenvalue weighted by Gasteiger charge is 2.01. The number of rotatable bonds is 5. The van der Waals surface area contributed by atoms with Gasteiger partial charge in [0.2, 0.25) is 0 Å². The molecule has 4 N–H and O–H groups in total. The lowest BCUT2D eigenvalue weighted by Crippen LogP contribution is -2.03. The number of halogens is 1. The van der Waals surface area contributed by atoms with Gasteiger partial charge in [0.05, 0.1) is 6.61 Å². The summed E-state index contributed by atoms with van der Waals surface area (Å²) in [5.41, 5.74) is 11.2. The van der Waals surface area contributed by atoms with Gasteiger partial charge < -0.3 is 16.2 Å². The van der Waals surface area contributed by atoms with Gasteiger partial charge in [-0.2, -0.15) is 0 Å². The zero-order valence-corrected chi connectivity index (χ0v) is 11.6. The molecule has 100 valence electrons. The van der Waals surface area contributed by atoms with Crippen LogP contribution in [0.4, 0.5) is 11.6 Å². The molecule has 0 aliphatic heterocycles. The van der Waals surface area contributed by atoms with Crippen molar-refractivity contribution in [3.05, 3.63) is 35.4 Å². The van der Waals surface area contributed by atoms with Gasteiger partial charge in [-0.3, -0.25) is 0 Å². The second-order valence-corrected chi connectivity index (χ2v) is 5.15. The molecule has 7 heteroatoms. The standard InChI is InChI=1S/C12H13ClN4OS/c13-8-1-3-9(4-2-8)18-5-6-19-12-16-10(14)7-11(15)17-12/h1-4,7H,5-6H2,(H4,14,15,16,17). The first kappa shape index (κ1) is 13.8. The first-order chi connectivity index (χ1) is 9.13. The minimum absolute atomic E-state index is 0.369. The van der Waals surface area contributed by atoms with Crippen molar-refractivity contribution in [2.45, 2.75) is 5.16 Å². The van der Waals surface area contributed by atoms with Crippen LogP contribution < -0.4 is 16.2 Å². The lowest BCUT2D eigenvalue weighted by atomic mass is 10.3. The highest BCUT2D eigenvalue weighted by molar-refractivity contribution is 7.99. The molecule has 0 aliphatic rings. The van der Waals surface area contributed by atoms with Crippen LogP contribution in [0.1, 0.15) is 0 Å². The smallest absolute Gasteiger partial charge is 0.191 e. The molecule has 0 aliphatic carbocycles. The number of ether oxygens (including phenoxy) is 1. The highest BCUT2D eigenvalue weighted by Crippen LogP contribution is 2.18. The summed E-state index contributed by atoms with van der Waals surface area (Å²) in [5, 5.41) is 1.24. The Bertz CT molecular complexity index is 530. The van der Waals surface area contributed by atoms with Gasteiger partial charge in [-0.05, 0) is 24.3 Å². The molecule has 1 heterocycles. The Balaban J connectivity index is 1.79. The summed E-state index contributed by atoms with van der Waals surface area (Å²) in [7, 11) is 0. The van der Waals surface area contributed by atoms with Gasteiger partial charge in [-0.15, -0.1) is 0 Å². The third-order valence-electron chi connectivity index (χ3n) is 2.14. The van der Waals surface area contributed by atoms with Crippen molar-refractivity contribution in [1.82, 2.24) is 9.97 Å². The fraction of sp³-hybridized carbons (Fsp3) is 0.167. The summed E-state index contributed by atoms with van der Waals surface area (Å²) in [6.07, 6.45) is 0. The normalized spacial score (nSPS) is 10.4. The topological polar surface area (TPSA) is 87.1 Å². The van der Waals surface area contributed by atoms with E-state index in [1.165, 1.54) is 17.8 Å². The van der Waals surface area contributed by atoms with Gasteiger partial charge in [-0.1, -0.05) is 23.4 Å². The quantitative estimate of drug-likeness (QED) is 0.501. The van der Waals surface area contributed by atoms with Crippen LogP contribution in [-0.4, -0.2) is 22.3 Å². The van der Waals surface area contributed by atoms with E-state index in [4.69, 9.17) is 27.8 Å². The summed E-state index contributed by atoms with van der Waals surface area (Å²) in [6.45, 7) is 0.532. The number of hydrogen-bond donors (Lipinski definition) is 2. The third kappa shape index (κ3) is 4.50. The molecule has 0 saturated heterocycles. The number of thioether (sulfide) groups is 1. The molecule has 0 unspecified atom stereocenters. The van der Waals surface area contributed by atoms with Crippen LogP contribution in [0, 0.1) is 0 Å². The van der Waals surface area contributed by atoms with E-state index in [1.807, 2.05) is 12.1 Å². The van der Waals surface area contributed by atoms with E-state index >= 15 is 0 Å². The molecule has 0 bridgehead atoms. The van der Waals surface area contributed by atoms with Gasteiger partial charge in [-0.25, -0.2) is 9.97 Å². The number of anilines is 2. The van der Waals surface area contributed by atoms with E-state index in [1.54, 1.807) is 12.1 Å². The van der Waals surface area contributed by atoms with Crippen molar-refractivity contribution in [2.75, 3.05) is 23.8 Å². The van der Waals surface area contributed by atoms with Gasteiger partial charge in [0.1, 0.15) is 17.4 Å². The Morgan fingerprint density at radius 2 is 1.74 bits per heavy atom. The molecule has 2 rings (SSSR count). The number of nitrogen functional groups attached to an aromatic ring is 2. The molecule has 0 atom stereocenters. The van der Waals surface area contributed by atoms with Crippen LogP contribution in [0.25, 0.3) is 0 Å². The number of nitrogens with zero attached hydrogens (tertiary/aromatic N) is 2. The summed E-state index contributed by atoms with van der Waals surface area (Å²) >= 11 is 7.22. The van der Waals surface area contributed by atoms with Crippen molar-refractivity contribution < 1.29 is 4.74 Å². The van der Waals surface area contributed by atoms with Crippen LogP contribution in [0.2, 0.25) is 5.02 Å². The van der Waals surface area contributed by atoms with Crippen molar-refractivity contribution in [1.29, 1.82) is 0 Å². The first-order valence-corrected chi connectivity index (χ1v) is 6.91. The molecule has 19 heavy (non-hydrogen) atoms. The van der Waals surface area contributed by atoms with Crippen LogP contribution in [0.5, 0.6) is 5.75 Å². The van der Waals surface area contributed by atoms with E-state index in [9.17, 15) is 0 Å². The van der Waals surface area contributed by atoms with Crippen LogP contribution in [0.3, 0.4) is 0 Å². The average Bonchev–Trinajstić information content (AvgIpc) is 2.36. The summed E-state index contributed by atoms with van der Waals surface area (Å²) < 4.78 is 5.55. The highest BCUT2D eigenvalue weighted by atomic mass is 35.5. The zero-order chi connectivity index (χ0) is 13.7. The maximum Gasteiger partial charge on any atom is 0.191 e. The zero-order valence-electron chi connectivity index (χ0n) is 10.0. The van der Waals surface area contributed by atoms with E-state index in [0.717, 1.165) is 5.75 Å². The molecular formula is C12H13ClN4OS. The second kappa shape index (κ2) is 6.49. The Morgan fingerprint density at radius 1 is 1.11 bits per heavy atom. The lowest BCUT2D eigenvalue weighted by Gasteiger charge is -2.06. The first-order valence-electron chi connectivity index (χ1n) is 5.55. The molecule has 0 spiro atoms. The molecule has 5 nitrogen and oxygen atoms in total. The molecule has 1 aromatic heterocycles. The fourth-order valence-corrected chi connectivity index (χ4v) is 2.16. The summed E-state index contributed by atoms with van der Waals surface area (Å²) in [5.74, 6) is 2.21. The number of hydrogen-bond acceptors (Lipinski definition) is 6. The molecular weight excluding hydrogens is 284 g/mol. The maximum absolute atomic E-state index is 5.78. The number of aromatic nitrogens is 2. The summed E-state index contributed by atoms with van der Waals surface area (Å²) in [4.78, 5) is 8.13. The predicted molar refractivity (Wildman–Crippen MR) is 78.5 cm³/mol. The van der Waals surface area contributed by atoms with Crippen LogP contribution in [0.15, 0.2) is 35.5 Å². The van der Waals surface area contributed by atoms with Crippen molar-refractivity contribution in [2.24, 2.45) is 0 Å². The largest absolute Gasteiger partial charge is 0.493 e. The van der Waals surface area contributed by atoms with Crippen molar-refractivity contribution in [3.63, 3.8) is 0 Å². The SMILES string of the molecule is Nc1cc(N)nc(SCCOc2ccc(Cl)cc2)n1. The Labute approximate surface area is 120 Å². The van der Waals surface area contributed by atoms with Crippen LogP contribution >= 0.6 is 23.4 Å². The summed E-state index contributed by atoms with van der Waals surface area (Å²) in [6, 6.07) is 8.73. The minimum Gasteiger partial charge on any atom is -0.493 e. The van der Waals surface area contributed by atoms with Gasteiger partial charge in [0.25, 0.3) is 0 Å². The van der Waals surface area contributed by atoms with Gasteiger partial charge in [0, 0.05) is 16.8 Å². The molecule has 2 aromatic rings.